The molecule has 31 heavy (non-hydrogen) atoms. The standard InChI is InChI=1S/C23H36F3N3O2/c1-30-14-2-3-15-31-21-16-18(22(28)10-6-19(27)7-11-22)4-5-20(21)29-12-8-17(9-13-29)23(24,25)26/h4-5,16-17,19H,2-3,6-15,27-28H2,1H3. The molecule has 0 unspecified atom stereocenters. The van der Waals surface area contributed by atoms with Crippen molar-refractivity contribution in [2.45, 2.75) is 69.1 Å². The average molecular weight is 444 g/mol. The Hall–Kier alpha value is -1.51. The maximum absolute atomic E-state index is 13.1. The van der Waals surface area contributed by atoms with E-state index in [0.29, 0.717) is 32.1 Å². The normalized spacial score (nSPS) is 25.6. The molecular formula is C23H36F3N3O2. The first-order valence-corrected chi connectivity index (χ1v) is 11.4. The van der Waals surface area contributed by atoms with Crippen LogP contribution in [0.15, 0.2) is 18.2 Å². The number of methoxy groups -OCH3 is 1. The van der Waals surface area contributed by atoms with Gasteiger partial charge in [0.15, 0.2) is 0 Å². The molecule has 1 aliphatic carbocycles. The minimum absolute atomic E-state index is 0.108. The highest BCUT2D eigenvalue weighted by Crippen LogP contribution is 2.41. The van der Waals surface area contributed by atoms with Crippen LogP contribution < -0.4 is 21.1 Å². The van der Waals surface area contributed by atoms with Crippen molar-refractivity contribution >= 4 is 5.69 Å². The van der Waals surface area contributed by atoms with Gasteiger partial charge in [0, 0.05) is 38.4 Å². The number of ether oxygens (including phenoxy) is 2. The van der Waals surface area contributed by atoms with Crippen LogP contribution in [0.1, 0.15) is 56.9 Å². The quantitative estimate of drug-likeness (QED) is 0.585. The van der Waals surface area contributed by atoms with E-state index >= 15 is 0 Å². The number of halogens is 3. The van der Waals surface area contributed by atoms with Crippen LogP contribution >= 0.6 is 0 Å². The Balaban J connectivity index is 1.76. The Morgan fingerprint density at radius 2 is 1.71 bits per heavy atom. The number of alkyl halides is 3. The highest BCUT2D eigenvalue weighted by atomic mass is 19.4. The molecule has 0 atom stereocenters. The number of unbranched alkanes of at least 4 members (excludes halogenated alkanes) is 1. The first kappa shape index (κ1) is 24.1. The molecule has 8 heteroatoms. The van der Waals surface area contributed by atoms with Crippen molar-refractivity contribution < 1.29 is 22.6 Å². The molecular weight excluding hydrogens is 407 g/mol. The molecule has 4 N–H and O–H groups in total. The van der Waals surface area contributed by atoms with Crippen LogP contribution in [0, 0.1) is 5.92 Å². The molecule has 5 nitrogen and oxygen atoms in total. The SMILES string of the molecule is COCCCCOc1cc(C2(N)CCC(N)CC2)ccc1N1CCC(C(F)(F)F)CC1. The summed E-state index contributed by atoms with van der Waals surface area (Å²) in [5.74, 6) is -0.514. The molecule has 0 bridgehead atoms. The number of hydrogen-bond acceptors (Lipinski definition) is 5. The fraction of sp³-hybridized carbons (Fsp3) is 0.739. The van der Waals surface area contributed by atoms with E-state index in [0.717, 1.165) is 49.8 Å². The van der Waals surface area contributed by atoms with Gasteiger partial charge in [0.25, 0.3) is 0 Å². The molecule has 1 heterocycles. The fourth-order valence-electron chi connectivity index (χ4n) is 4.62. The number of anilines is 1. The van der Waals surface area contributed by atoms with Crippen LogP contribution in [0.25, 0.3) is 0 Å². The number of nitrogens with zero attached hydrogens (tertiary/aromatic N) is 1. The molecule has 3 rings (SSSR count). The van der Waals surface area contributed by atoms with Gasteiger partial charge in [-0.2, -0.15) is 13.2 Å². The molecule has 0 aromatic heterocycles. The molecule has 0 amide bonds. The van der Waals surface area contributed by atoms with Crippen molar-refractivity contribution in [3.63, 3.8) is 0 Å². The summed E-state index contributed by atoms with van der Waals surface area (Å²) in [5, 5.41) is 0. The molecule has 0 radical (unpaired) electrons. The summed E-state index contributed by atoms with van der Waals surface area (Å²) < 4.78 is 50.4. The Bertz CT molecular complexity index is 698. The highest BCUT2D eigenvalue weighted by molar-refractivity contribution is 5.61. The number of rotatable bonds is 8. The average Bonchev–Trinajstić information content (AvgIpc) is 2.75. The lowest BCUT2D eigenvalue weighted by Gasteiger charge is -2.38. The van der Waals surface area contributed by atoms with Crippen LogP contribution in [0.3, 0.4) is 0 Å². The zero-order chi connectivity index (χ0) is 22.5. The summed E-state index contributed by atoms with van der Waals surface area (Å²) in [6.07, 6.45) is 1.23. The van der Waals surface area contributed by atoms with Crippen LogP contribution in [0.2, 0.25) is 0 Å². The van der Waals surface area contributed by atoms with Crippen molar-refractivity contribution in [1.82, 2.24) is 0 Å². The van der Waals surface area contributed by atoms with Gasteiger partial charge in [-0.3, -0.25) is 0 Å². The Morgan fingerprint density at radius 1 is 1.06 bits per heavy atom. The van der Waals surface area contributed by atoms with Gasteiger partial charge in [-0.15, -0.1) is 0 Å². The van der Waals surface area contributed by atoms with Crippen molar-refractivity contribution in [3.8, 4) is 5.75 Å². The molecule has 176 valence electrons. The first-order valence-electron chi connectivity index (χ1n) is 11.4. The summed E-state index contributed by atoms with van der Waals surface area (Å²) in [4.78, 5) is 2.01. The molecule has 1 aliphatic heterocycles. The third-order valence-electron chi connectivity index (χ3n) is 6.76. The van der Waals surface area contributed by atoms with E-state index in [2.05, 4.69) is 0 Å². The molecule has 1 aromatic rings. The lowest BCUT2D eigenvalue weighted by molar-refractivity contribution is -0.179. The minimum Gasteiger partial charge on any atom is -0.491 e. The molecule has 1 aromatic carbocycles. The van der Waals surface area contributed by atoms with E-state index in [4.69, 9.17) is 20.9 Å². The second-order valence-electron chi connectivity index (χ2n) is 9.03. The van der Waals surface area contributed by atoms with Gasteiger partial charge < -0.3 is 25.8 Å². The van der Waals surface area contributed by atoms with E-state index in [-0.39, 0.29) is 18.9 Å². The second-order valence-corrected chi connectivity index (χ2v) is 9.03. The highest BCUT2D eigenvalue weighted by Gasteiger charge is 2.41. The van der Waals surface area contributed by atoms with Gasteiger partial charge in [-0.1, -0.05) is 6.07 Å². The molecule has 2 aliphatic rings. The summed E-state index contributed by atoms with van der Waals surface area (Å²) in [6, 6.07) is 6.18. The van der Waals surface area contributed by atoms with Gasteiger partial charge in [0.2, 0.25) is 0 Å². The predicted octanol–water partition coefficient (Wildman–Crippen LogP) is 4.33. The lowest BCUT2D eigenvalue weighted by Crippen LogP contribution is -2.43. The minimum atomic E-state index is -4.12. The van der Waals surface area contributed by atoms with E-state index in [1.165, 1.54) is 0 Å². The summed E-state index contributed by atoms with van der Waals surface area (Å²) >= 11 is 0. The first-order chi connectivity index (χ1) is 14.7. The van der Waals surface area contributed by atoms with E-state index in [1.807, 2.05) is 23.1 Å². The van der Waals surface area contributed by atoms with Crippen LogP contribution in [0.5, 0.6) is 5.75 Å². The molecule has 1 saturated heterocycles. The van der Waals surface area contributed by atoms with Crippen molar-refractivity contribution in [2.75, 3.05) is 38.3 Å². The Kier molecular flexibility index (Phi) is 8.10. The van der Waals surface area contributed by atoms with Crippen molar-refractivity contribution in [2.24, 2.45) is 17.4 Å². The van der Waals surface area contributed by atoms with E-state index in [9.17, 15) is 13.2 Å². The van der Waals surface area contributed by atoms with E-state index < -0.39 is 17.6 Å². The Morgan fingerprint density at radius 3 is 2.32 bits per heavy atom. The number of piperidine rings is 1. The van der Waals surface area contributed by atoms with Crippen molar-refractivity contribution in [3.05, 3.63) is 23.8 Å². The zero-order valence-corrected chi connectivity index (χ0v) is 18.4. The van der Waals surface area contributed by atoms with Crippen LogP contribution in [0.4, 0.5) is 18.9 Å². The predicted molar refractivity (Wildman–Crippen MR) is 116 cm³/mol. The maximum atomic E-state index is 13.1. The monoisotopic (exact) mass is 443 g/mol. The van der Waals surface area contributed by atoms with Crippen LogP contribution in [-0.4, -0.2) is 45.6 Å². The topological polar surface area (TPSA) is 73.7 Å². The third-order valence-corrected chi connectivity index (χ3v) is 6.76. The van der Waals surface area contributed by atoms with Gasteiger partial charge in [0.05, 0.1) is 18.2 Å². The molecule has 1 saturated carbocycles. The van der Waals surface area contributed by atoms with Crippen LogP contribution in [-0.2, 0) is 10.3 Å². The fourth-order valence-corrected chi connectivity index (χ4v) is 4.62. The molecule has 0 spiro atoms. The largest absolute Gasteiger partial charge is 0.491 e. The number of benzene rings is 1. The second kappa shape index (κ2) is 10.4. The summed E-state index contributed by atoms with van der Waals surface area (Å²) in [7, 11) is 1.67. The van der Waals surface area contributed by atoms with Crippen molar-refractivity contribution in [1.29, 1.82) is 0 Å². The number of nitrogens with two attached hydrogens (primary N) is 2. The van der Waals surface area contributed by atoms with Gasteiger partial charge >= 0.3 is 6.18 Å². The smallest absolute Gasteiger partial charge is 0.391 e. The third kappa shape index (κ3) is 6.26. The molecule has 2 fully saturated rings. The Labute approximate surface area is 183 Å². The number of hydrogen-bond donors (Lipinski definition) is 2. The van der Waals surface area contributed by atoms with Gasteiger partial charge in [-0.05, 0) is 69.1 Å². The summed E-state index contributed by atoms with van der Waals surface area (Å²) in [6.45, 7) is 1.94. The van der Waals surface area contributed by atoms with E-state index in [1.54, 1.807) is 7.11 Å². The van der Waals surface area contributed by atoms with Gasteiger partial charge in [-0.25, -0.2) is 0 Å². The van der Waals surface area contributed by atoms with Gasteiger partial charge in [0.1, 0.15) is 5.75 Å². The lowest BCUT2D eigenvalue weighted by atomic mass is 9.76. The maximum Gasteiger partial charge on any atom is 0.391 e. The zero-order valence-electron chi connectivity index (χ0n) is 18.4. The summed E-state index contributed by atoms with van der Waals surface area (Å²) in [5.41, 5.74) is 14.2.